The predicted molar refractivity (Wildman–Crippen MR) is 104 cm³/mol. The minimum atomic E-state index is -4.36. The third kappa shape index (κ3) is 5.84. The third-order valence-electron chi connectivity index (χ3n) is 5.67. The molecule has 2 fully saturated rings. The first-order valence-electron chi connectivity index (χ1n) is 9.65. The molecule has 8 heteroatoms. The van der Waals surface area contributed by atoms with Gasteiger partial charge in [0, 0.05) is 31.0 Å². The van der Waals surface area contributed by atoms with Crippen LogP contribution in [0.25, 0.3) is 0 Å². The molecule has 1 aromatic carbocycles. The Morgan fingerprint density at radius 1 is 1.25 bits per heavy atom. The zero-order valence-electron chi connectivity index (χ0n) is 15.8. The highest BCUT2D eigenvalue weighted by molar-refractivity contribution is 5.85. The molecule has 1 unspecified atom stereocenters. The molecule has 2 N–H and O–H groups in total. The highest BCUT2D eigenvalue weighted by atomic mass is 35.5. The number of hydrogen-bond acceptors (Lipinski definition) is 3. The van der Waals surface area contributed by atoms with Crippen LogP contribution in [0.15, 0.2) is 24.3 Å². The number of morpholine rings is 1. The number of halogens is 4. The van der Waals surface area contributed by atoms with Gasteiger partial charge < -0.3 is 15.4 Å². The Morgan fingerprint density at radius 2 is 2.00 bits per heavy atom. The fourth-order valence-electron chi connectivity index (χ4n) is 4.14. The molecular weight excluding hydrogens is 393 g/mol. The number of hydrogen-bond donors (Lipinski definition) is 2. The van der Waals surface area contributed by atoms with E-state index in [1.165, 1.54) is 12.1 Å². The normalized spacial score (nSPS) is 22.2. The third-order valence-corrected chi connectivity index (χ3v) is 5.67. The fourth-order valence-corrected chi connectivity index (χ4v) is 4.14. The molecule has 3 rings (SSSR count). The van der Waals surface area contributed by atoms with Crippen molar-refractivity contribution in [2.24, 2.45) is 0 Å². The Bertz CT molecular complexity index is 643. The predicted octanol–water partition coefficient (Wildman–Crippen LogP) is 3.82. The Labute approximate surface area is 170 Å². The van der Waals surface area contributed by atoms with E-state index in [0.717, 1.165) is 44.7 Å². The molecule has 1 saturated carbocycles. The van der Waals surface area contributed by atoms with Crippen molar-refractivity contribution in [1.82, 2.24) is 10.6 Å². The second-order valence-corrected chi connectivity index (χ2v) is 7.63. The van der Waals surface area contributed by atoms with Crippen LogP contribution in [0.4, 0.5) is 13.2 Å². The van der Waals surface area contributed by atoms with Gasteiger partial charge in [-0.2, -0.15) is 13.2 Å². The Kier molecular flexibility index (Phi) is 8.16. The smallest absolute Gasteiger partial charge is 0.378 e. The summed E-state index contributed by atoms with van der Waals surface area (Å²) in [4.78, 5) is 12.4. The number of amides is 1. The lowest BCUT2D eigenvalue weighted by atomic mass is 9.69. The van der Waals surface area contributed by atoms with Crippen LogP contribution in [-0.2, 0) is 21.1 Å². The molecule has 1 atom stereocenters. The van der Waals surface area contributed by atoms with Crippen molar-refractivity contribution in [2.75, 3.05) is 26.3 Å². The van der Waals surface area contributed by atoms with Gasteiger partial charge in [0.1, 0.15) is 0 Å². The number of carbonyl (C=O) groups is 1. The molecule has 158 valence electrons. The van der Waals surface area contributed by atoms with Crippen molar-refractivity contribution in [2.45, 2.75) is 56.2 Å². The largest absolute Gasteiger partial charge is 0.416 e. The molecule has 28 heavy (non-hydrogen) atoms. The standard InChI is InChI=1S/C20H27F3N2O2.ClH/c21-20(22,23)16-6-4-5-15(11-16)19(7-2-1-3-8-19)14-25-18(26)12-17-13-27-10-9-24-17;/h4-6,11,17,24H,1-3,7-10,12-14H2,(H,25,26);1H. The summed E-state index contributed by atoms with van der Waals surface area (Å²) in [6, 6.07) is 5.60. The van der Waals surface area contributed by atoms with Crippen molar-refractivity contribution >= 4 is 18.3 Å². The molecule has 1 saturated heterocycles. The Hall–Kier alpha value is -1.31. The molecule has 1 aliphatic carbocycles. The first-order valence-corrected chi connectivity index (χ1v) is 9.65. The summed E-state index contributed by atoms with van der Waals surface area (Å²) >= 11 is 0. The van der Waals surface area contributed by atoms with Crippen LogP contribution in [0, 0.1) is 0 Å². The number of benzene rings is 1. The quantitative estimate of drug-likeness (QED) is 0.761. The van der Waals surface area contributed by atoms with Gasteiger partial charge in [-0.1, -0.05) is 37.5 Å². The number of alkyl halides is 3. The maximum Gasteiger partial charge on any atom is 0.416 e. The van der Waals surface area contributed by atoms with Gasteiger partial charge in [0.05, 0.1) is 18.8 Å². The van der Waals surface area contributed by atoms with Crippen molar-refractivity contribution in [3.63, 3.8) is 0 Å². The summed E-state index contributed by atoms with van der Waals surface area (Å²) in [5.74, 6) is -0.0880. The van der Waals surface area contributed by atoms with E-state index >= 15 is 0 Å². The Balaban J connectivity index is 0.00000280. The molecule has 0 bridgehead atoms. The van der Waals surface area contributed by atoms with Gasteiger partial charge in [-0.3, -0.25) is 4.79 Å². The van der Waals surface area contributed by atoms with E-state index in [-0.39, 0.29) is 24.4 Å². The monoisotopic (exact) mass is 420 g/mol. The molecule has 1 aliphatic heterocycles. The van der Waals surface area contributed by atoms with Crippen molar-refractivity contribution in [1.29, 1.82) is 0 Å². The summed E-state index contributed by atoms with van der Waals surface area (Å²) < 4.78 is 44.8. The van der Waals surface area contributed by atoms with Gasteiger partial charge in [0.2, 0.25) is 5.91 Å². The maximum atomic E-state index is 13.1. The zero-order chi connectivity index (χ0) is 19.3. The van der Waals surface area contributed by atoms with E-state index in [2.05, 4.69) is 10.6 Å². The summed E-state index contributed by atoms with van der Waals surface area (Å²) in [6.07, 6.45) is 0.547. The lowest BCUT2D eigenvalue weighted by Crippen LogP contribution is -2.47. The van der Waals surface area contributed by atoms with E-state index in [1.807, 2.05) is 0 Å². The molecule has 0 aromatic heterocycles. The SMILES string of the molecule is Cl.O=C(CC1COCCN1)NCC1(c2cccc(C(F)(F)F)c2)CCCCC1. The van der Waals surface area contributed by atoms with E-state index < -0.39 is 17.2 Å². The summed E-state index contributed by atoms with van der Waals surface area (Å²) in [5, 5.41) is 6.22. The topological polar surface area (TPSA) is 50.4 Å². The minimum Gasteiger partial charge on any atom is -0.378 e. The van der Waals surface area contributed by atoms with Crippen LogP contribution < -0.4 is 10.6 Å². The number of carbonyl (C=O) groups excluding carboxylic acids is 1. The second kappa shape index (κ2) is 9.94. The first kappa shape index (κ1) is 23.0. The van der Waals surface area contributed by atoms with Gasteiger partial charge in [-0.05, 0) is 24.5 Å². The van der Waals surface area contributed by atoms with Crippen LogP contribution >= 0.6 is 12.4 Å². The zero-order valence-corrected chi connectivity index (χ0v) is 16.6. The molecule has 0 radical (unpaired) electrons. The van der Waals surface area contributed by atoms with Crippen LogP contribution in [-0.4, -0.2) is 38.3 Å². The number of ether oxygens (including phenoxy) is 1. The maximum absolute atomic E-state index is 13.1. The van der Waals surface area contributed by atoms with Gasteiger partial charge in [0.25, 0.3) is 0 Å². The van der Waals surface area contributed by atoms with E-state index in [1.54, 1.807) is 6.07 Å². The van der Waals surface area contributed by atoms with E-state index in [0.29, 0.717) is 31.7 Å². The van der Waals surface area contributed by atoms with E-state index in [9.17, 15) is 18.0 Å². The Morgan fingerprint density at radius 3 is 2.64 bits per heavy atom. The highest BCUT2D eigenvalue weighted by Gasteiger charge is 2.37. The van der Waals surface area contributed by atoms with Gasteiger partial charge >= 0.3 is 6.18 Å². The van der Waals surface area contributed by atoms with Crippen LogP contribution in [0.1, 0.15) is 49.7 Å². The lowest BCUT2D eigenvalue weighted by molar-refractivity contribution is -0.137. The molecule has 2 aliphatic rings. The molecule has 1 heterocycles. The molecule has 1 aromatic rings. The average molecular weight is 421 g/mol. The summed E-state index contributed by atoms with van der Waals surface area (Å²) in [7, 11) is 0. The van der Waals surface area contributed by atoms with Gasteiger partial charge in [-0.15, -0.1) is 12.4 Å². The van der Waals surface area contributed by atoms with Crippen molar-refractivity contribution in [3.8, 4) is 0 Å². The summed E-state index contributed by atoms with van der Waals surface area (Å²) in [6.45, 7) is 2.26. The average Bonchev–Trinajstić information content (AvgIpc) is 2.67. The molecule has 4 nitrogen and oxygen atoms in total. The highest BCUT2D eigenvalue weighted by Crippen LogP contribution is 2.41. The number of nitrogens with one attached hydrogen (secondary N) is 2. The van der Waals surface area contributed by atoms with Crippen LogP contribution in [0.3, 0.4) is 0 Å². The number of rotatable bonds is 5. The van der Waals surface area contributed by atoms with Crippen molar-refractivity contribution in [3.05, 3.63) is 35.4 Å². The molecule has 1 amide bonds. The molecule has 0 spiro atoms. The van der Waals surface area contributed by atoms with Crippen molar-refractivity contribution < 1.29 is 22.7 Å². The fraction of sp³-hybridized carbons (Fsp3) is 0.650. The van der Waals surface area contributed by atoms with Gasteiger partial charge in [-0.25, -0.2) is 0 Å². The lowest BCUT2D eigenvalue weighted by Gasteiger charge is -2.38. The molecular formula is C20H28ClF3N2O2. The first-order chi connectivity index (χ1) is 12.9. The second-order valence-electron chi connectivity index (χ2n) is 7.63. The van der Waals surface area contributed by atoms with Crippen LogP contribution in [0.5, 0.6) is 0 Å². The van der Waals surface area contributed by atoms with E-state index in [4.69, 9.17) is 4.74 Å². The summed E-state index contributed by atoms with van der Waals surface area (Å²) in [5.41, 5.74) is -0.373. The van der Waals surface area contributed by atoms with Crippen LogP contribution in [0.2, 0.25) is 0 Å². The van der Waals surface area contributed by atoms with Gasteiger partial charge in [0.15, 0.2) is 0 Å². The minimum absolute atomic E-state index is 0.